The van der Waals surface area contributed by atoms with Gasteiger partial charge in [0.25, 0.3) is 0 Å². The molecule has 2 aliphatic heterocycles. The summed E-state index contributed by atoms with van der Waals surface area (Å²) in [5.41, 5.74) is 1.45. The normalized spacial score (nSPS) is 20.3. The summed E-state index contributed by atoms with van der Waals surface area (Å²) in [5.74, 6) is 0.0806. The lowest BCUT2D eigenvalue weighted by molar-refractivity contribution is 0.176. The zero-order valence-corrected chi connectivity index (χ0v) is 17.5. The van der Waals surface area contributed by atoms with Gasteiger partial charge in [-0.1, -0.05) is 11.6 Å². The fourth-order valence-electron chi connectivity index (χ4n) is 3.80. The van der Waals surface area contributed by atoms with Crippen molar-refractivity contribution in [3.8, 4) is 0 Å². The number of nitrogens with one attached hydrogen (secondary N) is 1. The largest absolute Gasteiger partial charge is 0.391 e. The van der Waals surface area contributed by atoms with E-state index in [-0.39, 0.29) is 17.6 Å². The van der Waals surface area contributed by atoms with Gasteiger partial charge < -0.3 is 20.2 Å². The molecule has 0 aliphatic carbocycles. The Hall–Kier alpha value is -3.50. The number of anilines is 2. The topological polar surface area (TPSA) is 98.4 Å². The molecule has 1 aromatic carbocycles. The van der Waals surface area contributed by atoms with Crippen LogP contribution in [0.25, 0.3) is 5.65 Å². The van der Waals surface area contributed by atoms with E-state index >= 15 is 0 Å². The third-order valence-electron chi connectivity index (χ3n) is 5.32. The first-order valence-electron chi connectivity index (χ1n) is 10.0. The van der Waals surface area contributed by atoms with Crippen LogP contribution in [0.15, 0.2) is 53.9 Å². The number of rotatable bonds is 3. The fourth-order valence-corrected chi connectivity index (χ4v) is 4.03. The van der Waals surface area contributed by atoms with Gasteiger partial charge in [-0.25, -0.2) is 18.7 Å². The Morgan fingerprint density at radius 3 is 2.97 bits per heavy atom. The van der Waals surface area contributed by atoms with Crippen molar-refractivity contribution >= 4 is 41.0 Å². The van der Waals surface area contributed by atoms with Crippen molar-refractivity contribution in [2.24, 2.45) is 4.99 Å². The minimum atomic E-state index is -0.560. The molecule has 0 bridgehead atoms. The van der Waals surface area contributed by atoms with Gasteiger partial charge in [-0.2, -0.15) is 5.10 Å². The van der Waals surface area contributed by atoms with E-state index in [1.165, 1.54) is 18.3 Å². The van der Waals surface area contributed by atoms with Crippen LogP contribution in [0.2, 0.25) is 5.02 Å². The van der Waals surface area contributed by atoms with Crippen molar-refractivity contribution < 1.29 is 14.3 Å². The number of amides is 2. The second-order valence-corrected chi connectivity index (χ2v) is 7.99. The maximum Gasteiger partial charge on any atom is 0.322 e. The molecule has 0 saturated carbocycles. The summed E-state index contributed by atoms with van der Waals surface area (Å²) in [6.45, 7) is 0.775. The molecule has 32 heavy (non-hydrogen) atoms. The molecule has 4 heterocycles. The first-order chi connectivity index (χ1) is 15.5. The predicted molar refractivity (Wildman–Crippen MR) is 118 cm³/mol. The molecule has 2 aromatic heterocycles. The lowest BCUT2D eigenvalue weighted by atomic mass is 10.1. The first-order valence-corrected chi connectivity index (χ1v) is 10.4. The average Bonchev–Trinajstić information content (AvgIpc) is 3.39. The standard InChI is InChI=1S/C21H19ClFN7O2/c22-14-8-13(9-15(23)10-14)19-24-4-1-5-29(19)18-3-7-30-20(27-18)17(11-25-30)26-21(32)28-6-2-16(31)12-28/h1,3-5,7-11,16,19,31H,2,6,12H2,(H,26,32)/t16-,19+/m0/s1. The molecule has 2 amide bonds. The molecule has 9 nitrogen and oxygen atoms in total. The Balaban J connectivity index is 1.46. The Morgan fingerprint density at radius 1 is 1.31 bits per heavy atom. The lowest BCUT2D eigenvalue weighted by Crippen LogP contribution is -2.33. The highest BCUT2D eigenvalue weighted by Crippen LogP contribution is 2.32. The van der Waals surface area contributed by atoms with E-state index < -0.39 is 18.1 Å². The number of aliphatic hydroxyl groups is 1. The van der Waals surface area contributed by atoms with Gasteiger partial charge >= 0.3 is 6.03 Å². The van der Waals surface area contributed by atoms with Gasteiger partial charge in [0.15, 0.2) is 11.8 Å². The summed E-state index contributed by atoms with van der Waals surface area (Å²) in [4.78, 5) is 25.0. The number of urea groups is 1. The van der Waals surface area contributed by atoms with Crippen LogP contribution < -0.4 is 10.2 Å². The number of aliphatic imine (C=N–C) groups is 1. The minimum absolute atomic E-state index is 0.279. The zero-order chi connectivity index (χ0) is 22.2. The molecule has 1 fully saturated rings. The maximum absolute atomic E-state index is 13.9. The summed E-state index contributed by atoms with van der Waals surface area (Å²) in [5, 5.41) is 17.0. The average molecular weight is 456 g/mol. The predicted octanol–water partition coefficient (Wildman–Crippen LogP) is 3.22. The SMILES string of the molecule is O=C(Nc1cnn2ccc(N3C=CC=N[C@H]3c3cc(F)cc(Cl)c3)nc12)N1CC[C@H](O)C1. The van der Waals surface area contributed by atoms with Gasteiger partial charge in [0.2, 0.25) is 0 Å². The third-order valence-corrected chi connectivity index (χ3v) is 5.54. The molecule has 2 aliphatic rings. The molecule has 0 radical (unpaired) electrons. The first kappa shape index (κ1) is 20.4. The van der Waals surface area contributed by atoms with E-state index in [0.29, 0.717) is 35.7 Å². The van der Waals surface area contributed by atoms with Crippen molar-refractivity contribution in [1.29, 1.82) is 0 Å². The number of nitrogens with zero attached hydrogens (tertiary/aromatic N) is 6. The molecule has 0 spiro atoms. The quantitative estimate of drug-likeness (QED) is 0.632. The van der Waals surface area contributed by atoms with Crippen LogP contribution in [-0.4, -0.2) is 56.0 Å². The van der Waals surface area contributed by atoms with Crippen LogP contribution in [0, 0.1) is 5.82 Å². The number of β-amino-alcohol motifs (C(OH)–C–C–N with tert-alkyl or cyclic N) is 1. The van der Waals surface area contributed by atoms with Crippen LogP contribution in [0.3, 0.4) is 0 Å². The van der Waals surface area contributed by atoms with Crippen molar-refractivity contribution in [1.82, 2.24) is 19.5 Å². The van der Waals surface area contributed by atoms with Crippen molar-refractivity contribution in [3.05, 3.63) is 65.3 Å². The fraction of sp³-hybridized carbons (Fsp3) is 0.238. The number of aromatic nitrogens is 3. The van der Waals surface area contributed by atoms with Crippen LogP contribution in [-0.2, 0) is 0 Å². The number of likely N-dealkylation sites (tertiary alicyclic amines) is 1. The van der Waals surface area contributed by atoms with Gasteiger partial charge in [0.05, 0.1) is 12.3 Å². The van der Waals surface area contributed by atoms with E-state index in [1.807, 2.05) is 0 Å². The highest BCUT2D eigenvalue weighted by molar-refractivity contribution is 6.30. The second kappa shape index (κ2) is 8.21. The smallest absolute Gasteiger partial charge is 0.322 e. The number of halogens is 2. The monoisotopic (exact) mass is 455 g/mol. The van der Waals surface area contributed by atoms with E-state index in [1.54, 1.807) is 51.1 Å². The van der Waals surface area contributed by atoms with Crippen LogP contribution >= 0.6 is 11.6 Å². The molecular weight excluding hydrogens is 437 g/mol. The molecule has 3 aromatic rings. The van der Waals surface area contributed by atoms with Crippen molar-refractivity contribution in [2.75, 3.05) is 23.3 Å². The van der Waals surface area contributed by atoms with Gasteiger partial charge in [0.1, 0.15) is 17.3 Å². The Kier molecular flexibility index (Phi) is 5.24. The van der Waals surface area contributed by atoms with Crippen LogP contribution in [0.5, 0.6) is 0 Å². The number of allylic oxidation sites excluding steroid dienone is 1. The summed E-state index contributed by atoms with van der Waals surface area (Å²) in [6, 6.07) is 5.71. The van der Waals surface area contributed by atoms with Crippen LogP contribution in [0.1, 0.15) is 18.2 Å². The molecular formula is C21H19ClFN7O2. The number of hydrogen-bond donors (Lipinski definition) is 2. The van der Waals surface area contributed by atoms with Gasteiger partial charge in [0, 0.05) is 42.3 Å². The number of carbonyl (C=O) groups excluding carboxylic acids is 1. The number of hydrogen-bond acceptors (Lipinski definition) is 6. The highest BCUT2D eigenvalue weighted by Gasteiger charge is 2.26. The maximum atomic E-state index is 13.9. The summed E-state index contributed by atoms with van der Waals surface area (Å²) in [6.07, 6.45) is 7.89. The number of carbonyl (C=O) groups is 1. The van der Waals surface area contributed by atoms with E-state index in [9.17, 15) is 14.3 Å². The van der Waals surface area contributed by atoms with E-state index in [2.05, 4.69) is 20.4 Å². The molecule has 164 valence electrons. The number of benzene rings is 1. The number of fused-ring (bicyclic) bond motifs is 1. The van der Waals surface area contributed by atoms with Gasteiger partial charge in [-0.3, -0.25) is 4.99 Å². The van der Waals surface area contributed by atoms with E-state index in [4.69, 9.17) is 11.6 Å². The van der Waals surface area contributed by atoms with Gasteiger partial charge in [-0.15, -0.1) is 0 Å². The number of aliphatic hydroxyl groups excluding tert-OH is 1. The highest BCUT2D eigenvalue weighted by atomic mass is 35.5. The Morgan fingerprint density at radius 2 is 2.19 bits per heavy atom. The minimum Gasteiger partial charge on any atom is -0.391 e. The lowest BCUT2D eigenvalue weighted by Gasteiger charge is -2.29. The molecule has 1 saturated heterocycles. The Labute approximate surface area is 187 Å². The Bertz CT molecular complexity index is 1220. The molecule has 2 atom stereocenters. The van der Waals surface area contributed by atoms with Gasteiger partial charge in [-0.05, 0) is 36.8 Å². The molecule has 11 heteroatoms. The third kappa shape index (κ3) is 3.90. The molecule has 5 rings (SSSR count). The van der Waals surface area contributed by atoms with E-state index in [0.717, 1.165) is 0 Å². The van der Waals surface area contributed by atoms with Crippen molar-refractivity contribution in [2.45, 2.75) is 18.7 Å². The molecule has 0 unspecified atom stereocenters. The summed E-state index contributed by atoms with van der Waals surface area (Å²) in [7, 11) is 0. The van der Waals surface area contributed by atoms with Crippen LogP contribution in [0.4, 0.5) is 20.7 Å². The molecule has 2 N–H and O–H groups in total. The zero-order valence-electron chi connectivity index (χ0n) is 16.8. The summed E-state index contributed by atoms with van der Waals surface area (Å²) < 4.78 is 15.5. The second-order valence-electron chi connectivity index (χ2n) is 7.55. The van der Waals surface area contributed by atoms with Crippen molar-refractivity contribution in [3.63, 3.8) is 0 Å². The summed E-state index contributed by atoms with van der Waals surface area (Å²) >= 11 is 6.04.